The van der Waals surface area contributed by atoms with Gasteiger partial charge in [-0.25, -0.2) is 0 Å². The standard InChI is InChI=1S/C6H14O3Si/c1-4-8-10(3,5-2)9-6-7/h5,7H,2,4,6H2,1,3H3. The van der Waals surface area contributed by atoms with Gasteiger partial charge in [0.05, 0.1) is 0 Å². The van der Waals surface area contributed by atoms with Crippen molar-refractivity contribution >= 4 is 8.56 Å². The molecule has 0 aromatic carbocycles. The van der Waals surface area contributed by atoms with Crippen molar-refractivity contribution < 1.29 is 14.0 Å². The summed E-state index contributed by atoms with van der Waals surface area (Å²) in [5.74, 6) is 0. The molecule has 3 nitrogen and oxygen atoms in total. The van der Waals surface area contributed by atoms with Gasteiger partial charge in [0.1, 0.15) is 6.79 Å². The van der Waals surface area contributed by atoms with Crippen LogP contribution in [0.5, 0.6) is 0 Å². The molecule has 0 aliphatic rings. The first kappa shape index (κ1) is 9.84. The van der Waals surface area contributed by atoms with Crippen molar-refractivity contribution in [1.82, 2.24) is 0 Å². The Kier molecular flexibility index (Phi) is 4.55. The minimum absolute atomic E-state index is 0.297. The maximum Gasteiger partial charge on any atom is 0.362 e. The Morgan fingerprint density at radius 2 is 2.20 bits per heavy atom. The van der Waals surface area contributed by atoms with Crippen LogP contribution in [-0.2, 0) is 8.85 Å². The van der Waals surface area contributed by atoms with Crippen molar-refractivity contribution in [1.29, 1.82) is 0 Å². The fourth-order valence-corrected chi connectivity index (χ4v) is 1.72. The summed E-state index contributed by atoms with van der Waals surface area (Å²) in [5, 5.41) is 8.44. The van der Waals surface area contributed by atoms with Gasteiger partial charge in [0.25, 0.3) is 0 Å². The highest BCUT2D eigenvalue weighted by atomic mass is 28.4. The van der Waals surface area contributed by atoms with Crippen LogP contribution in [-0.4, -0.2) is 27.1 Å². The number of hydrogen-bond donors (Lipinski definition) is 1. The Balaban J connectivity index is 3.81. The van der Waals surface area contributed by atoms with Gasteiger partial charge in [-0.2, -0.15) is 0 Å². The number of hydrogen-bond acceptors (Lipinski definition) is 3. The normalized spacial score (nSPS) is 16.3. The van der Waals surface area contributed by atoms with Gasteiger partial charge in [-0.05, 0) is 19.2 Å². The third-order valence-electron chi connectivity index (χ3n) is 1.15. The monoisotopic (exact) mass is 162 g/mol. The van der Waals surface area contributed by atoms with E-state index in [9.17, 15) is 0 Å². The van der Waals surface area contributed by atoms with Crippen LogP contribution in [0.1, 0.15) is 6.92 Å². The molecule has 0 aliphatic carbocycles. The molecule has 0 aromatic heterocycles. The minimum Gasteiger partial charge on any atom is -0.392 e. The third-order valence-corrected chi connectivity index (χ3v) is 3.46. The van der Waals surface area contributed by atoms with E-state index >= 15 is 0 Å². The second-order valence-electron chi connectivity index (χ2n) is 1.93. The number of rotatable bonds is 5. The van der Waals surface area contributed by atoms with Crippen LogP contribution in [0.25, 0.3) is 0 Å². The Bertz CT molecular complexity index is 99.2. The SMILES string of the molecule is C=C[Si](C)(OCC)OCO. The van der Waals surface area contributed by atoms with Crippen LogP contribution in [0.3, 0.4) is 0 Å². The first-order valence-corrected chi connectivity index (χ1v) is 5.60. The van der Waals surface area contributed by atoms with Crippen molar-refractivity contribution in [3.8, 4) is 0 Å². The zero-order chi connectivity index (χ0) is 8.04. The summed E-state index contributed by atoms with van der Waals surface area (Å²) in [6.07, 6.45) is 0. The molecule has 10 heavy (non-hydrogen) atoms. The summed E-state index contributed by atoms with van der Waals surface area (Å²) in [6, 6.07) is 0. The molecule has 4 heteroatoms. The Hall–Kier alpha value is -0.163. The third kappa shape index (κ3) is 3.12. The Morgan fingerprint density at radius 3 is 2.50 bits per heavy atom. The molecule has 0 spiro atoms. The van der Waals surface area contributed by atoms with Gasteiger partial charge in [0.2, 0.25) is 0 Å². The molecule has 0 saturated carbocycles. The molecule has 0 bridgehead atoms. The van der Waals surface area contributed by atoms with Gasteiger partial charge in [-0.1, -0.05) is 0 Å². The fourth-order valence-electron chi connectivity index (χ4n) is 0.574. The van der Waals surface area contributed by atoms with Crippen molar-refractivity contribution in [2.24, 2.45) is 0 Å². The van der Waals surface area contributed by atoms with Gasteiger partial charge in [-0.15, -0.1) is 6.58 Å². The second-order valence-corrected chi connectivity index (χ2v) is 4.94. The lowest BCUT2D eigenvalue weighted by Gasteiger charge is -2.20. The molecule has 1 atom stereocenters. The lowest BCUT2D eigenvalue weighted by Crippen LogP contribution is -2.36. The van der Waals surface area contributed by atoms with Gasteiger partial charge < -0.3 is 14.0 Å². The molecule has 0 aromatic rings. The average molecular weight is 162 g/mol. The van der Waals surface area contributed by atoms with Gasteiger partial charge in [0.15, 0.2) is 0 Å². The molecule has 0 radical (unpaired) electrons. The van der Waals surface area contributed by atoms with E-state index in [4.69, 9.17) is 14.0 Å². The first-order chi connectivity index (χ1) is 4.68. The van der Waals surface area contributed by atoms with E-state index in [0.29, 0.717) is 6.61 Å². The van der Waals surface area contributed by atoms with Crippen LogP contribution in [0.4, 0.5) is 0 Å². The van der Waals surface area contributed by atoms with E-state index in [1.807, 2.05) is 13.5 Å². The molecule has 1 unspecified atom stereocenters. The van der Waals surface area contributed by atoms with Crippen LogP contribution in [0.15, 0.2) is 12.3 Å². The summed E-state index contributed by atoms with van der Waals surface area (Å²) in [5.41, 5.74) is 1.65. The van der Waals surface area contributed by atoms with Gasteiger partial charge in [-0.3, -0.25) is 0 Å². The summed E-state index contributed by atoms with van der Waals surface area (Å²) in [6.45, 7) is 7.58. The van der Waals surface area contributed by atoms with Crippen molar-refractivity contribution in [2.45, 2.75) is 13.5 Å². The van der Waals surface area contributed by atoms with Crippen molar-refractivity contribution in [3.05, 3.63) is 12.3 Å². The van der Waals surface area contributed by atoms with E-state index in [1.54, 1.807) is 5.70 Å². The van der Waals surface area contributed by atoms with Gasteiger partial charge in [0, 0.05) is 6.61 Å². The highest BCUT2D eigenvalue weighted by Gasteiger charge is 2.26. The molecular weight excluding hydrogens is 148 g/mol. The van der Waals surface area contributed by atoms with E-state index in [1.165, 1.54) is 0 Å². The first-order valence-electron chi connectivity index (χ1n) is 3.21. The molecule has 0 amide bonds. The largest absolute Gasteiger partial charge is 0.392 e. The molecule has 60 valence electrons. The quantitative estimate of drug-likeness (QED) is 0.480. The molecular formula is C6H14O3Si. The highest BCUT2D eigenvalue weighted by molar-refractivity contribution is 6.71. The van der Waals surface area contributed by atoms with Crippen LogP contribution in [0.2, 0.25) is 6.55 Å². The summed E-state index contributed by atoms with van der Waals surface area (Å²) in [7, 11) is -2.21. The molecule has 0 saturated heterocycles. The average Bonchev–Trinajstić information content (AvgIpc) is 1.89. The molecule has 0 heterocycles. The maximum absolute atomic E-state index is 8.44. The highest BCUT2D eigenvalue weighted by Crippen LogP contribution is 2.06. The Labute approximate surface area is 62.5 Å². The summed E-state index contributed by atoms with van der Waals surface area (Å²) >= 11 is 0. The number of aliphatic hydroxyl groups is 1. The zero-order valence-electron chi connectivity index (χ0n) is 6.46. The second kappa shape index (κ2) is 4.62. The van der Waals surface area contributed by atoms with E-state index in [2.05, 4.69) is 6.58 Å². The van der Waals surface area contributed by atoms with Crippen LogP contribution >= 0.6 is 0 Å². The van der Waals surface area contributed by atoms with Crippen LogP contribution < -0.4 is 0 Å². The van der Waals surface area contributed by atoms with E-state index in [0.717, 1.165) is 0 Å². The number of aliphatic hydroxyl groups excluding tert-OH is 1. The van der Waals surface area contributed by atoms with Crippen molar-refractivity contribution in [2.75, 3.05) is 13.4 Å². The van der Waals surface area contributed by atoms with Gasteiger partial charge >= 0.3 is 8.56 Å². The topological polar surface area (TPSA) is 38.7 Å². The van der Waals surface area contributed by atoms with E-state index < -0.39 is 8.56 Å². The fraction of sp³-hybridized carbons (Fsp3) is 0.667. The zero-order valence-corrected chi connectivity index (χ0v) is 7.46. The smallest absolute Gasteiger partial charge is 0.362 e. The maximum atomic E-state index is 8.44. The Morgan fingerprint density at radius 1 is 1.60 bits per heavy atom. The predicted octanol–water partition coefficient (Wildman–Crippen LogP) is 0.786. The van der Waals surface area contributed by atoms with Crippen molar-refractivity contribution in [3.63, 3.8) is 0 Å². The predicted molar refractivity (Wildman–Crippen MR) is 41.6 cm³/mol. The lowest BCUT2D eigenvalue weighted by atomic mass is 10.9. The minimum atomic E-state index is -2.21. The lowest BCUT2D eigenvalue weighted by molar-refractivity contribution is 0.0613. The molecule has 1 N–H and O–H groups in total. The molecule has 0 fully saturated rings. The summed E-state index contributed by atoms with van der Waals surface area (Å²) in [4.78, 5) is 0. The van der Waals surface area contributed by atoms with Crippen LogP contribution in [0, 0.1) is 0 Å². The summed E-state index contributed by atoms with van der Waals surface area (Å²) < 4.78 is 10.2. The molecule has 0 rings (SSSR count). The van der Waals surface area contributed by atoms with E-state index in [-0.39, 0.29) is 6.79 Å². The molecule has 0 aliphatic heterocycles.